The predicted octanol–water partition coefficient (Wildman–Crippen LogP) is -2.35. The Morgan fingerprint density at radius 2 is 1.69 bits per heavy atom. The van der Waals surface area contributed by atoms with Gasteiger partial charge in [-0.05, 0) is 0 Å². The van der Waals surface area contributed by atoms with Crippen molar-refractivity contribution in [1.29, 1.82) is 0 Å². The molecule has 96 valence electrons. The minimum atomic E-state index is -4.79. The van der Waals surface area contributed by atoms with E-state index in [-0.39, 0.29) is 0 Å². The third-order valence-corrected chi connectivity index (χ3v) is 2.07. The molecule has 0 radical (unpaired) electrons. The average Bonchev–Trinajstić information content (AvgIpc) is 2.10. The maximum Gasteiger partial charge on any atom is 0.469 e. The van der Waals surface area contributed by atoms with Crippen LogP contribution < -0.4 is 0 Å². The molecule has 0 rings (SSSR count). The second-order valence-corrected chi connectivity index (χ2v) is 4.25. The highest BCUT2D eigenvalue weighted by atomic mass is 31.2. The molecule has 9 nitrogen and oxygen atoms in total. The number of hydrogen-bond acceptors (Lipinski definition) is 6. The van der Waals surface area contributed by atoms with Gasteiger partial charge in [0, 0.05) is 0 Å². The second-order valence-electron chi connectivity index (χ2n) is 3.01. The quantitative estimate of drug-likeness (QED) is 0.275. The summed E-state index contributed by atoms with van der Waals surface area (Å²) in [6.07, 6.45) is -6.24. The summed E-state index contributed by atoms with van der Waals surface area (Å²) in [4.78, 5) is 26.7. The van der Waals surface area contributed by atoms with E-state index in [1.807, 2.05) is 0 Å². The molecule has 10 heteroatoms. The number of aliphatic hydroxyl groups excluding tert-OH is 3. The summed E-state index contributed by atoms with van der Waals surface area (Å²) < 4.78 is 14.1. The van der Waals surface area contributed by atoms with Crippen molar-refractivity contribution in [3.63, 3.8) is 0 Å². The fraction of sp³-hybridized carbons (Fsp3) is 0.833. The highest BCUT2D eigenvalue weighted by Crippen LogP contribution is 2.35. The minimum Gasteiger partial charge on any atom is -0.481 e. The lowest BCUT2D eigenvalue weighted by Gasteiger charge is -2.21. The van der Waals surface area contributed by atoms with E-state index < -0.39 is 45.1 Å². The number of aliphatic carboxylic acids is 1. The first-order chi connectivity index (χ1) is 7.13. The summed E-state index contributed by atoms with van der Waals surface area (Å²) in [6, 6.07) is 0. The lowest BCUT2D eigenvalue weighted by Crippen LogP contribution is -2.40. The predicted molar refractivity (Wildman–Crippen MR) is 48.3 cm³/mol. The maximum atomic E-state index is 10.2. The van der Waals surface area contributed by atoms with Crippen molar-refractivity contribution >= 4 is 13.8 Å². The molecule has 0 aliphatic rings. The van der Waals surface area contributed by atoms with Crippen molar-refractivity contribution in [2.75, 3.05) is 6.61 Å². The molecule has 0 aliphatic carbocycles. The smallest absolute Gasteiger partial charge is 0.469 e. The van der Waals surface area contributed by atoms with Gasteiger partial charge in [-0.15, -0.1) is 0 Å². The first kappa shape index (κ1) is 15.5. The van der Waals surface area contributed by atoms with Gasteiger partial charge in [0.05, 0.1) is 19.1 Å². The summed E-state index contributed by atoms with van der Waals surface area (Å²) in [7, 11) is -4.79. The van der Waals surface area contributed by atoms with E-state index in [0.29, 0.717) is 0 Å². The Balaban J connectivity index is 4.12. The Labute approximate surface area is 90.2 Å². The van der Waals surface area contributed by atoms with Gasteiger partial charge < -0.3 is 30.2 Å². The maximum absolute atomic E-state index is 10.2. The molecule has 0 aromatic rings. The summed E-state index contributed by atoms with van der Waals surface area (Å²) in [5.74, 6) is -1.39. The summed E-state index contributed by atoms with van der Waals surface area (Å²) >= 11 is 0. The van der Waals surface area contributed by atoms with E-state index in [1.165, 1.54) is 0 Å². The van der Waals surface area contributed by atoms with Crippen molar-refractivity contribution in [2.45, 2.75) is 24.7 Å². The van der Waals surface area contributed by atoms with Gasteiger partial charge >= 0.3 is 13.8 Å². The van der Waals surface area contributed by atoms with E-state index in [1.54, 1.807) is 0 Å². The zero-order valence-corrected chi connectivity index (χ0v) is 8.90. The van der Waals surface area contributed by atoms with Crippen molar-refractivity contribution in [1.82, 2.24) is 0 Å². The highest BCUT2D eigenvalue weighted by Gasteiger charge is 2.28. The Bertz CT molecular complexity index is 273. The van der Waals surface area contributed by atoms with Crippen LogP contribution in [0.4, 0.5) is 0 Å². The molecule has 0 saturated carbocycles. The average molecular weight is 260 g/mol. The third kappa shape index (κ3) is 6.85. The van der Waals surface area contributed by atoms with Crippen LogP contribution in [0.5, 0.6) is 0 Å². The van der Waals surface area contributed by atoms with Crippen LogP contribution in [0.25, 0.3) is 0 Å². The molecule has 0 amide bonds. The Morgan fingerprint density at radius 3 is 2.06 bits per heavy atom. The standard InChI is InChI=1S/C6H13O9P/c7-3(1-5(9)10)6(11)4(8)2-15-16(12,13)14/h3-4,6-8,11H,1-2H2,(H,9,10)(H2,12,13,14)/t3-,4-,6+/m1/s1. The molecule has 0 heterocycles. The molecule has 0 saturated heterocycles. The van der Waals surface area contributed by atoms with Crippen LogP contribution in [-0.4, -0.2) is 61.1 Å². The van der Waals surface area contributed by atoms with Crippen molar-refractivity contribution in [2.24, 2.45) is 0 Å². The fourth-order valence-electron chi connectivity index (χ4n) is 0.828. The van der Waals surface area contributed by atoms with E-state index in [0.717, 1.165) is 0 Å². The molecule has 3 atom stereocenters. The first-order valence-corrected chi connectivity index (χ1v) is 5.62. The molecule has 6 N–H and O–H groups in total. The summed E-state index contributed by atoms with van der Waals surface area (Å²) in [5, 5.41) is 35.5. The molecule has 0 aromatic heterocycles. The third-order valence-electron chi connectivity index (χ3n) is 1.59. The van der Waals surface area contributed by atoms with Gasteiger partial charge in [-0.2, -0.15) is 0 Å². The van der Waals surface area contributed by atoms with Crippen LogP contribution in [-0.2, 0) is 13.9 Å². The van der Waals surface area contributed by atoms with E-state index >= 15 is 0 Å². The molecular formula is C6H13O9P. The second kappa shape index (κ2) is 6.26. The van der Waals surface area contributed by atoms with Crippen molar-refractivity contribution in [3.8, 4) is 0 Å². The van der Waals surface area contributed by atoms with Gasteiger partial charge in [0.25, 0.3) is 0 Å². The highest BCUT2D eigenvalue weighted by molar-refractivity contribution is 7.46. The number of carboxylic acids is 1. The summed E-state index contributed by atoms with van der Waals surface area (Å²) in [5.41, 5.74) is 0. The number of phosphoric acid groups is 1. The SMILES string of the molecule is O=C(O)C[C@@H](O)[C@H](O)[C@H](O)COP(=O)(O)O. The number of rotatable bonds is 7. The Morgan fingerprint density at radius 1 is 1.19 bits per heavy atom. The van der Waals surface area contributed by atoms with Crippen LogP contribution >= 0.6 is 7.82 Å². The largest absolute Gasteiger partial charge is 0.481 e. The van der Waals surface area contributed by atoms with Crippen LogP contribution in [0.15, 0.2) is 0 Å². The molecule has 0 spiro atoms. The number of carboxylic acid groups (broad SMARTS) is 1. The molecule has 0 aromatic carbocycles. The topological polar surface area (TPSA) is 165 Å². The zero-order chi connectivity index (χ0) is 12.9. The van der Waals surface area contributed by atoms with Crippen LogP contribution in [0.3, 0.4) is 0 Å². The van der Waals surface area contributed by atoms with Crippen LogP contribution in [0, 0.1) is 0 Å². The van der Waals surface area contributed by atoms with Gasteiger partial charge in [-0.1, -0.05) is 0 Å². The lowest BCUT2D eigenvalue weighted by molar-refractivity contribution is -0.143. The molecule has 0 aliphatic heterocycles. The normalized spacial score (nSPS) is 17.8. The molecule has 0 bridgehead atoms. The zero-order valence-electron chi connectivity index (χ0n) is 8.00. The Hall–Kier alpha value is -0.540. The molecule has 0 fully saturated rings. The van der Waals surface area contributed by atoms with Crippen LogP contribution in [0.1, 0.15) is 6.42 Å². The molecule has 0 unspecified atom stereocenters. The number of phosphoric ester groups is 1. The number of aliphatic hydroxyl groups is 3. The first-order valence-electron chi connectivity index (χ1n) is 4.09. The summed E-state index contributed by atoms with van der Waals surface area (Å²) in [6.45, 7) is -0.928. The number of carbonyl (C=O) groups is 1. The van der Waals surface area contributed by atoms with Gasteiger partial charge in [0.1, 0.15) is 12.2 Å². The minimum absolute atomic E-state index is 0.811. The fourth-order valence-corrected chi connectivity index (χ4v) is 1.18. The molecular weight excluding hydrogens is 247 g/mol. The van der Waals surface area contributed by atoms with Gasteiger partial charge in [0.2, 0.25) is 0 Å². The van der Waals surface area contributed by atoms with Gasteiger partial charge in [-0.3, -0.25) is 9.32 Å². The lowest BCUT2D eigenvalue weighted by atomic mass is 10.1. The molecule has 16 heavy (non-hydrogen) atoms. The van der Waals surface area contributed by atoms with Crippen molar-refractivity contribution < 1.29 is 44.1 Å². The van der Waals surface area contributed by atoms with E-state index in [2.05, 4.69) is 4.52 Å². The van der Waals surface area contributed by atoms with E-state index in [9.17, 15) is 9.36 Å². The van der Waals surface area contributed by atoms with Gasteiger partial charge in [0.15, 0.2) is 0 Å². The number of hydrogen-bond donors (Lipinski definition) is 6. The van der Waals surface area contributed by atoms with Crippen molar-refractivity contribution in [3.05, 3.63) is 0 Å². The van der Waals surface area contributed by atoms with Gasteiger partial charge in [-0.25, -0.2) is 4.57 Å². The van der Waals surface area contributed by atoms with Crippen LogP contribution in [0.2, 0.25) is 0 Å². The Kier molecular flexibility index (Phi) is 6.05. The monoisotopic (exact) mass is 260 g/mol. The van der Waals surface area contributed by atoms with E-state index in [4.69, 9.17) is 30.2 Å².